The SMILES string of the molecule is CCNC(C1CC(C)CC(C)C1)C(C)(CC)N(CC)CC. The van der Waals surface area contributed by atoms with Crippen LogP contribution in [-0.4, -0.2) is 36.1 Å². The number of likely N-dealkylation sites (N-methyl/N-ethyl adjacent to an activating group) is 2. The second-order valence-corrected chi connectivity index (χ2v) is 7.60. The smallest absolute Gasteiger partial charge is 0.0334 e. The van der Waals surface area contributed by atoms with Crippen LogP contribution in [0.2, 0.25) is 0 Å². The van der Waals surface area contributed by atoms with Crippen LogP contribution in [0.1, 0.15) is 74.1 Å². The molecule has 1 saturated carbocycles. The summed E-state index contributed by atoms with van der Waals surface area (Å²) in [5.74, 6) is 2.60. The Kier molecular flexibility index (Phi) is 7.70. The summed E-state index contributed by atoms with van der Waals surface area (Å²) < 4.78 is 0. The molecule has 0 aromatic carbocycles. The van der Waals surface area contributed by atoms with Crippen molar-refractivity contribution in [2.24, 2.45) is 17.8 Å². The van der Waals surface area contributed by atoms with Crippen molar-refractivity contribution in [2.75, 3.05) is 19.6 Å². The summed E-state index contributed by atoms with van der Waals surface area (Å²) in [5.41, 5.74) is 0.279. The minimum atomic E-state index is 0.279. The van der Waals surface area contributed by atoms with Crippen molar-refractivity contribution in [3.8, 4) is 0 Å². The van der Waals surface area contributed by atoms with E-state index in [2.05, 4.69) is 58.7 Å². The number of hydrogen-bond donors (Lipinski definition) is 1. The van der Waals surface area contributed by atoms with E-state index >= 15 is 0 Å². The molecule has 0 aliphatic heterocycles. The lowest BCUT2D eigenvalue weighted by Crippen LogP contribution is -2.62. The molecule has 4 atom stereocenters. The Morgan fingerprint density at radius 3 is 1.90 bits per heavy atom. The fourth-order valence-electron chi connectivity index (χ4n) is 4.98. The van der Waals surface area contributed by atoms with Crippen molar-refractivity contribution >= 4 is 0 Å². The first kappa shape index (κ1) is 19.0. The molecule has 0 spiro atoms. The Bertz CT molecular complexity index is 277. The fraction of sp³-hybridized carbons (Fsp3) is 1.00. The Morgan fingerprint density at radius 1 is 1.00 bits per heavy atom. The van der Waals surface area contributed by atoms with Crippen molar-refractivity contribution in [3.63, 3.8) is 0 Å². The molecule has 126 valence electrons. The topological polar surface area (TPSA) is 15.3 Å². The van der Waals surface area contributed by atoms with Crippen LogP contribution in [0.3, 0.4) is 0 Å². The summed E-state index contributed by atoms with van der Waals surface area (Å²) >= 11 is 0. The van der Waals surface area contributed by atoms with Gasteiger partial charge in [0.15, 0.2) is 0 Å². The van der Waals surface area contributed by atoms with E-state index in [1.54, 1.807) is 0 Å². The molecular weight excluding hydrogens is 256 g/mol. The van der Waals surface area contributed by atoms with Gasteiger partial charge in [-0.1, -0.05) is 41.5 Å². The quantitative estimate of drug-likeness (QED) is 0.707. The van der Waals surface area contributed by atoms with Gasteiger partial charge in [0.05, 0.1) is 0 Å². The van der Waals surface area contributed by atoms with Gasteiger partial charge in [-0.15, -0.1) is 0 Å². The highest BCUT2D eigenvalue weighted by Gasteiger charge is 2.42. The number of nitrogens with one attached hydrogen (secondary N) is 1. The summed E-state index contributed by atoms with van der Waals surface area (Å²) in [6, 6.07) is 0.623. The zero-order valence-electron chi connectivity index (χ0n) is 15.7. The largest absolute Gasteiger partial charge is 0.312 e. The van der Waals surface area contributed by atoms with E-state index in [-0.39, 0.29) is 5.54 Å². The molecule has 4 unspecified atom stereocenters. The first-order valence-electron chi connectivity index (χ1n) is 9.41. The third-order valence-electron chi connectivity index (χ3n) is 5.98. The van der Waals surface area contributed by atoms with Gasteiger partial charge >= 0.3 is 0 Å². The van der Waals surface area contributed by atoms with E-state index in [0.717, 1.165) is 37.4 Å². The van der Waals surface area contributed by atoms with E-state index in [9.17, 15) is 0 Å². The van der Waals surface area contributed by atoms with Crippen LogP contribution in [0.25, 0.3) is 0 Å². The average molecular weight is 297 g/mol. The van der Waals surface area contributed by atoms with E-state index in [4.69, 9.17) is 0 Å². The van der Waals surface area contributed by atoms with Gasteiger partial charge in [0.25, 0.3) is 0 Å². The van der Waals surface area contributed by atoms with Crippen LogP contribution < -0.4 is 5.32 Å². The zero-order valence-corrected chi connectivity index (χ0v) is 15.7. The number of hydrogen-bond acceptors (Lipinski definition) is 2. The molecule has 1 aliphatic carbocycles. The monoisotopic (exact) mass is 296 g/mol. The van der Waals surface area contributed by atoms with Crippen molar-refractivity contribution in [1.29, 1.82) is 0 Å². The summed E-state index contributed by atoms with van der Waals surface area (Å²) in [6.07, 6.45) is 5.45. The minimum Gasteiger partial charge on any atom is -0.312 e. The molecule has 2 heteroatoms. The van der Waals surface area contributed by atoms with E-state index in [0.29, 0.717) is 6.04 Å². The molecule has 21 heavy (non-hydrogen) atoms. The lowest BCUT2D eigenvalue weighted by Gasteiger charge is -2.51. The van der Waals surface area contributed by atoms with Gasteiger partial charge in [0.2, 0.25) is 0 Å². The third kappa shape index (κ3) is 4.45. The minimum absolute atomic E-state index is 0.279. The number of nitrogens with zero attached hydrogens (tertiary/aromatic N) is 1. The standard InChI is InChI=1S/C19H40N2/c1-8-19(7,21(10-3)11-4)18(20-9-2)17-13-15(5)12-16(6)14-17/h15-18,20H,8-14H2,1-7H3. The van der Waals surface area contributed by atoms with Crippen LogP contribution in [0.15, 0.2) is 0 Å². The second kappa shape index (κ2) is 8.53. The van der Waals surface area contributed by atoms with E-state index in [1.165, 1.54) is 25.7 Å². The van der Waals surface area contributed by atoms with Crippen molar-refractivity contribution in [2.45, 2.75) is 85.7 Å². The van der Waals surface area contributed by atoms with Gasteiger partial charge in [-0.3, -0.25) is 4.90 Å². The third-order valence-corrected chi connectivity index (χ3v) is 5.98. The van der Waals surface area contributed by atoms with Gasteiger partial charge in [-0.2, -0.15) is 0 Å². The highest BCUT2D eigenvalue weighted by Crippen LogP contribution is 2.39. The molecule has 0 aromatic rings. The maximum Gasteiger partial charge on any atom is 0.0334 e. The summed E-state index contributed by atoms with van der Waals surface area (Å²) in [4.78, 5) is 2.68. The van der Waals surface area contributed by atoms with E-state index in [1.807, 2.05) is 0 Å². The predicted octanol–water partition coefficient (Wildman–Crippen LogP) is 4.55. The fourth-order valence-corrected chi connectivity index (χ4v) is 4.98. The molecule has 0 bridgehead atoms. The van der Waals surface area contributed by atoms with Crippen molar-refractivity contribution < 1.29 is 0 Å². The summed E-state index contributed by atoms with van der Waals surface area (Å²) in [5, 5.41) is 3.89. The highest BCUT2D eigenvalue weighted by atomic mass is 15.2. The molecule has 1 rings (SSSR count). The molecule has 2 nitrogen and oxygen atoms in total. The maximum absolute atomic E-state index is 3.89. The van der Waals surface area contributed by atoms with Crippen molar-refractivity contribution in [3.05, 3.63) is 0 Å². The number of rotatable bonds is 8. The Labute approximate surface area is 134 Å². The van der Waals surface area contributed by atoms with Crippen LogP contribution in [0.5, 0.6) is 0 Å². The second-order valence-electron chi connectivity index (χ2n) is 7.60. The maximum atomic E-state index is 3.89. The lowest BCUT2D eigenvalue weighted by molar-refractivity contribution is 0.0250. The predicted molar refractivity (Wildman–Crippen MR) is 94.8 cm³/mol. The first-order valence-corrected chi connectivity index (χ1v) is 9.41. The Hall–Kier alpha value is -0.0800. The van der Waals surface area contributed by atoms with Gasteiger partial charge in [0, 0.05) is 11.6 Å². The molecule has 1 aliphatic rings. The normalized spacial score (nSPS) is 31.1. The lowest BCUT2D eigenvalue weighted by atomic mass is 9.68. The van der Waals surface area contributed by atoms with Crippen LogP contribution in [0, 0.1) is 17.8 Å². The van der Waals surface area contributed by atoms with Gasteiger partial charge in [0.1, 0.15) is 0 Å². The van der Waals surface area contributed by atoms with Gasteiger partial charge in [-0.25, -0.2) is 0 Å². The molecule has 0 heterocycles. The van der Waals surface area contributed by atoms with Crippen LogP contribution >= 0.6 is 0 Å². The van der Waals surface area contributed by atoms with Crippen LogP contribution in [0.4, 0.5) is 0 Å². The molecule has 1 fully saturated rings. The summed E-state index contributed by atoms with van der Waals surface area (Å²) in [6.45, 7) is 20.1. The Balaban J connectivity index is 3.01. The zero-order chi connectivity index (χ0) is 16.0. The first-order chi connectivity index (χ1) is 9.92. The van der Waals surface area contributed by atoms with E-state index < -0.39 is 0 Å². The Morgan fingerprint density at radius 2 is 1.52 bits per heavy atom. The molecule has 0 aromatic heterocycles. The summed E-state index contributed by atoms with van der Waals surface area (Å²) in [7, 11) is 0. The highest BCUT2D eigenvalue weighted by molar-refractivity contribution is 5.00. The van der Waals surface area contributed by atoms with Gasteiger partial charge in [-0.05, 0) is 70.0 Å². The molecule has 1 N–H and O–H groups in total. The van der Waals surface area contributed by atoms with Gasteiger partial charge < -0.3 is 5.32 Å². The molecular formula is C19H40N2. The molecule has 0 saturated heterocycles. The van der Waals surface area contributed by atoms with Crippen LogP contribution in [-0.2, 0) is 0 Å². The molecule has 0 amide bonds. The van der Waals surface area contributed by atoms with Crippen molar-refractivity contribution in [1.82, 2.24) is 10.2 Å². The average Bonchev–Trinajstić information content (AvgIpc) is 2.44. The molecule has 0 radical (unpaired) electrons.